The van der Waals surface area contributed by atoms with Gasteiger partial charge in [-0.05, 0) is 26.0 Å². The summed E-state index contributed by atoms with van der Waals surface area (Å²) in [6.45, 7) is 3.89. The third-order valence-electron chi connectivity index (χ3n) is 2.77. The molecule has 0 unspecified atom stereocenters. The molecule has 0 saturated carbocycles. The number of aromatic nitrogens is 2. The fourth-order valence-electron chi connectivity index (χ4n) is 1.67. The summed E-state index contributed by atoms with van der Waals surface area (Å²) in [7, 11) is -3.69. The summed E-state index contributed by atoms with van der Waals surface area (Å²) in [4.78, 5) is 11.4. The minimum absolute atomic E-state index is 0.0904. The van der Waals surface area contributed by atoms with Gasteiger partial charge in [0.05, 0.1) is 6.20 Å². The van der Waals surface area contributed by atoms with E-state index in [2.05, 4.69) is 9.82 Å². The van der Waals surface area contributed by atoms with E-state index in [0.717, 1.165) is 0 Å². The number of hydrogen-bond acceptors (Lipinski definition) is 4. The molecule has 1 heterocycles. The number of anilines is 1. The Kier molecular flexibility index (Phi) is 3.89. The van der Waals surface area contributed by atoms with Gasteiger partial charge in [-0.1, -0.05) is 12.1 Å². The normalized spacial score (nSPS) is 11.3. The summed E-state index contributed by atoms with van der Waals surface area (Å²) in [5, 5.41) is 3.93. The molecule has 0 bridgehead atoms. The maximum absolute atomic E-state index is 12.2. The van der Waals surface area contributed by atoms with Crippen molar-refractivity contribution in [1.82, 2.24) is 9.78 Å². The van der Waals surface area contributed by atoms with Crippen LogP contribution < -0.4 is 4.72 Å². The smallest absolute Gasteiger partial charge is 0.265 e. The molecule has 0 saturated heterocycles. The number of sulfonamides is 1. The highest BCUT2D eigenvalue weighted by molar-refractivity contribution is 7.92. The topological polar surface area (TPSA) is 81.1 Å². The van der Waals surface area contributed by atoms with Gasteiger partial charge in [0.15, 0.2) is 5.78 Å². The van der Waals surface area contributed by atoms with Crippen molar-refractivity contribution in [3.8, 4) is 0 Å². The second kappa shape index (κ2) is 5.46. The largest absolute Gasteiger partial charge is 0.295 e. The van der Waals surface area contributed by atoms with E-state index in [-0.39, 0.29) is 10.7 Å². The van der Waals surface area contributed by atoms with Crippen molar-refractivity contribution in [3.05, 3.63) is 42.2 Å². The van der Waals surface area contributed by atoms with Crippen molar-refractivity contribution in [1.29, 1.82) is 0 Å². The number of benzene rings is 1. The maximum Gasteiger partial charge on any atom is 0.265 e. The van der Waals surface area contributed by atoms with Crippen LogP contribution in [-0.4, -0.2) is 24.0 Å². The molecule has 0 aliphatic rings. The molecule has 1 aromatic carbocycles. The molecule has 1 aromatic heterocycles. The molecule has 0 radical (unpaired) electrons. The van der Waals surface area contributed by atoms with E-state index < -0.39 is 10.0 Å². The lowest BCUT2D eigenvalue weighted by molar-refractivity contribution is 0.101. The second-order valence-corrected chi connectivity index (χ2v) is 5.96. The van der Waals surface area contributed by atoms with Crippen molar-refractivity contribution < 1.29 is 13.2 Å². The van der Waals surface area contributed by atoms with Crippen LogP contribution in [0.5, 0.6) is 0 Å². The zero-order valence-electron chi connectivity index (χ0n) is 11.2. The van der Waals surface area contributed by atoms with Crippen molar-refractivity contribution >= 4 is 21.5 Å². The Bertz CT molecular complexity index is 735. The van der Waals surface area contributed by atoms with Crippen molar-refractivity contribution in [2.24, 2.45) is 0 Å². The molecular formula is C13H15N3O3S. The molecule has 106 valence electrons. The van der Waals surface area contributed by atoms with Gasteiger partial charge in [-0.2, -0.15) is 5.10 Å². The first-order valence-corrected chi connectivity index (χ1v) is 7.57. The van der Waals surface area contributed by atoms with Crippen molar-refractivity contribution in [2.75, 3.05) is 4.72 Å². The number of carbonyl (C=O) groups is 1. The summed E-state index contributed by atoms with van der Waals surface area (Å²) in [6, 6.07) is 6.36. The van der Waals surface area contributed by atoms with Crippen LogP contribution in [0.15, 0.2) is 41.6 Å². The average molecular weight is 293 g/mol. The van der Waals surface area contributed by atoms with E-state index in [1.165, 1.54) is 30.1 Å². The van der Waals surface area contributed by atoms with Gasteiger partial charge in [0.2, 0.25) is 0 Å². The maximum atomic E-state index is 12.2. The average Bonchev–Trinajstić information content (AvgIpc) is 2.88. The molecule has 0 spiro atoms. The van der Waals surface area contributed by atoms with Crippen LogP contribution >= 0.6 is 0 Å². The Morgan fingerprint density at radius 3 is 2.75 bits per heavy atom. The molecular weight excluding hydrogens is 278 g/mol. The number of carbonyl (C=O) groups excluding carboxylic acids is 1. The molecule has 0 aliphatic carbocycles. The highest BCUT2D eigenvalue weighted by Gasteiger charge is 2.16. The second-order valence-electron chi connectivity index (χ2n) is 4.27. The zero-order valence-corrected chi connectivity index (χ0v) is 12.0. The number of nitrogens with zero attached hydrogens (tertiary/aromatic N) is 2. The van der Waals surface area contributed by atoms with E-state index in [1.54, 1.807) is 18.2 Å². The van der Waals surface area contributed by atoms with Gasteiger partial charge >= 0.3 is 0 Å². The van der Waals surface area contributed by atoms with Gasteiger partial charge in [0.1, 0.15) is 4.90 Å². The number of ketones is 1. The van der Waals surface area contributed by atoms with Gasteiger partial charge in [-0.15, -0.1) is 0 Å². The summed E-state index contributed by atoms with van der Waals surface area (Å²) in [6.07, 6.45) is 2.75. The molecule has 2 aromatic rings. The minimum atomic E-state index is -3.69. The van der Waals surface area contributed by atoms with E-state index in [9.17, 15) is 13.2 Å². The van der Waals surface area contributed by atoms with Crippen LogP contribution in [0.3, 0.4) is 0 Å². The lowest BCUT2D eigenvalue weighted by Crippen LogP contribution is -2.12. The number of rotatable bonds is 5. The monoisotopic (exact) mass is 293 g/mol. The van der Waals surface area contributed by atoms with Crippen LogP contribution in [0.2, 0.25) is 0 Å². The standard InChI is InChI=1S/C13H15N3O3S/c1-3-16-9-13(8-14-16)20(18,19)15-12-6-4-5-11(7-12)10(2)17/h4-9,15H,3H2,1-2H3. The van der Waals surface area contributed by atoms with Crippen molar-refractivity contribution in [3.63, 3.8) is 0 Å². The Morgan fingerprint density at radius 2 is 2.15 bits per heavy atom. The quantitative estimate of drug-likeness (QED) is 0.854. The first kappa shape index (κ1) is 14.3. The number of Topliss-reactive ketones (excluding diaryl/α,β-unsaturated/α-hetero) is 1. The summed E-state index contributed by atoms with van der Waals surface area (Å²) in [5.74, 6) is -0.121. The molecule has 0 aliphatic heterocycles. The van der Waals surface area contributed by atoms with Crippen LogP contribution in [0, 0.1) is 0 Å². The minimum Gasteiger partial charge on any atom is -0.295 e. The van der Waals surface area contributed by atoms with Crippen LogP contribution in [0.25, 0.3) is 0 Å². The summed E-state index contributed by atoms with van der Waals surface area (Å²) >= 11 is 0. The van der Waals surface area contributed by atoms with Crippen molar-refractivity contribution in [2.45, 2.75) is 25.3 Å². The van der Waals surface area contributed by atoms with Crippen LogP contribution in [0.4, 0.5) is 5.69 Å². The van der Waals surface area contributed by atoms with Gasteiger partial charge in [-0.25, -0.2) is 8.42 Å². The summed E-state index contributed by atoms with van der Waals surface area (Å²) < 4.78 is 28.3. The SMILES string of the molecule is CCn1cc(S(=O)(=O)Nc2cccc(C(C)=O)c2)cn1. The fourth-order valence-corrected chi connectivity index (χ4v) is 2.67. The van der Waals surface area contributed by atoms with Gasteiger partial charge in [-0.3, -0.25) is 14.2 Å². The summed E-state index contributed by atoms with van der Waals surface area (Å²) in [5.41, 5.74) is 0.802. The van der Waals surface area contributed by atoms with Crippen LogP contribution in [-0.2, 0) is 16.6 Å². The lowest BCUT2D eigenvalue weighted by atomic mass is 10.1. The Hall–Kier alpha value is -2.15. The third-order valence-corrected chi connectivity index (χ3v) is 4.10. The molecule has 20 heavy (non-hydrogen) atoms. The molecule has 0 amide bonds. The van der Waals surface area contributed by atoms with Gasteiger partial charge in [0.25, 0.3) is 10.0 Å². The first-order valence-electron chi connectivity index (χ1n) is 6.08. The molecule has 0 atom stereocenters. The number of aryl methyl sites for hydroxylation is 1. The molecule has 6 nitrogen and oxygen atoms in total. The Morgan fingerprint density at radius 1 is 1.40 bits per heavy atom. The fraction of sp³-hybridized carbons (Fsp3) is 0.231. The number of nitrogens with one attached hydrogen (secondary N) is 1. The Balaban J connectivity index is 2.28. The van der Waals surface area contributed by atoms with E-state index in [0.29, 0.717) is 17.8 Å². The highest BCUT2D eigenvalue weighted by Crippen LogP contribution is 2.17. The third kappa shape index (κ3) is 3.05. The van der Waals surface area contributed by atoms with Gasteiger partial charge in [0, 0.05) is 24.0 Å². The number of hydrogen-bond donors (Lipinski definition) is 1. The highest BCUT2D eigenvalue weighted by atomic mass is 32.2. The van der Waals surface area contributed by atoms with E-state index in [1.807, 2.05) is 6.92 Å². The Labute approximate surface area is 117 Å². The van der Waals surface area contributed by atoms with E-state index >= 15 is 0 Å². The molecule has 1 N–H and O–H groups in total. The molecule has 7 heteroatoms. The van der Waals surface area contributed by atoms with Gasteiger partial charge < -0.3 is 0 Å². The van der Waals surface area contributed by atoms with E-state index in [4.69, 9.17) is 0 Å². The lowest BCUT2D eigenvalue weighted by Gasteiger charge is -2.07. The van der Waals surface area contributed by atoms with Crippen LogP contribution in [0.1, 0.15) is 24.2 Å². The predicted molar refractivity (Wildman–Crippen MR) is 75.2 cm³/mol. The predicted octanol–water partition coefficient (Wildman–Crippen LogP) is 1.91. The molecule has 0 fully saturated rings. The molecule has 2 rings (SSSR count). The first-order chi connectivity index (χ1) is 9.42. The zero-order chi connectivity index (χ0) is 14.8.